The first kappa shape index (κ1) is 13.6. The highest BCUT2D eigenvalue weighted by atomic mass is 16.5. The highest BCUT2D eigenvalue weighted by Gasteiger charge is 2.33. The van der Waals surface area contributed by atoms with Gasteiger partial charge in [-0.25, -0.2) is 0 Å². The molecule has 2 rings (SSSR count). The Kier molecular flexibility index (Phi) is 5.21. The molecule has 0 spiro atoms. The van der Waals surface area contributed by atoms with E-state index in [-0.39, 0.29) is 0 Å². The Bertz CT molecular complexity index is 330. The zero-order valence-electron chi connectivity index (χ0n) is 11.5. The smallest absolute Gasteiger partial charge is 0.0717 e. The van der Waals surface area contributed by atoms with Gasteiger partial charge < -0.3 is 10.1 Å². The van der Waals surface area contributed by atoms with Gasteiger partial charge >= 0.3 is 0 Å². The van der Waals surface area contributed by atoms with Crippen LogP contribution in [-0.2, 0) is 11.3 Å². The fraction of sp³-hybridized carbons (Fsp3) is 0.625. The average molecular weight is 247 g/mol. The van der Waals surface area contributed by atoms with Gasteiger partial charge in [-0.2, -0.15) is 0 Å². The quantitative estimate of drug-likeness (QED) is 0.797. The molecule has 2 heteroatoms. The van der Waals surface area contributed by atoms with Crippen LogP contribution in [0.5, 0.6) is 0 Å². The number of hydrogen-bond donors (Lipinski definition) is 1. The molecule has 2 nitrogen and oxygen atoms in total. The van der Waals surface area contributed by atoms with Crippen LogP contribution in [0.3, 0.4) is 0 Å². The van der Waals surface area contributed by atoms with Crippen LogP contribution in [0.4, 0.5) is 0 Å². The monoisotopic (exact) mass is 247 g/mol. The highest BCUT2D eigenvalue weighted by Crippen LogP contribution is 2.37. The lowest BCUT2D eigenvalue weighted by Gasteiger charge is -2.29. The lowest BCUT2D eigenvalue weighted by molar-refractivity contribution is 0.0363. The molecule has 1 aromatic rings. The maximum absolute atomic E-state index is 5.96. The number of hydrogen-bond acceptors (Lipinski definition) is 2. The minimum Gasteiger partial charge on any atom is -0.376 e. The Balaban J connectivity index is 1.79. The van der Waals surface area contributed by atoms with Crippen molar-refractivity contribution in [2.24, 2.45) is 5.41 Å². The first-order valence-corrected chi connectivity index (χ1v) is 7.17. The summed E-state index contributed by atoms with van der Waals surface area (Å²) in [5.41, 5.74) is 1.67. The van der Waals surface area contributed by atoms with E-state index < -0.39 is 0 Å². The lowest BCUT2D eigenvalue weighted by atomic mass is 9.87. The van der Waals surface area contributed by atoms with Crippen molar-refractivity contribution in [1.82, 2.24) is 5.32 Å². The van der Waals surface area contributed by atoms with Crippen molar-refractivity contribution in [3.63, 3.8) is 0 Å². The Morgan fingerprint density at radius 3 is 2.56 bits per heavy atom. The van der Waals surface area contributed by atoms with Crippen molar-refractivity contribution < 1.29 is 4.74 Å². The first-order chi connectivity index (χ1) is 8.85. The van der Waals surface area contributed by atoms with Crippen LogP contribution in [0.1, 0.15) is 38.2 Å². The summed E-state index contributed by atoms with van der Waals surface area (Å²) in [5.74, 6) is 0. The molecule has 18 heavy (non-hydrogen) atoms. The second kappa shape index (κ2) is 6.91. The highest BCUT2D eigenvalue weighted by molar-refractivity contribution is 5.13. The van der Waals surface area contributed by atoms with Crippen LogP contribution in [-0.4, -0.2) is 19.7 Å². The van der Waals surface area contributed by atoms with Gasteiger partial charge in [-0.05, 0) is 24.9 Å². The van der Waals surface area contributed by atoms with Crippen LogP contribution in [0, 0.1) is 5.41 Å². The van der Waals surface area contributed by atoms with Gasteiger partial charge in [0.05, 0.1) is 13.2 Å². The van der Waals surface area contributed by atoms with Gasteiger partial charge in [0, 0.05) is 12.0 Å². The van der Waals surface area contributed by atoms with E-state index in [4.69, 9.17) is 4.74 Å². The van der Waals surface area contributed by atoms with Crippen molar-refractivity contribution in [2.75, 3.05) is 19.7 Å². The molecule has 0 heterocycles. The minimum atomic E-state index is 0.394. The van der Waals surface area contributed by atoms with Crippen molar-refractivity contribution >= 4 is 0 Å². The summed E-state index contributed by atoms with van der Waals surface area (Å²) in [4.78, 5) is 0. The SMILES string of the molecule is CCNCC1(COCc2ccccc2)CCCC1. The number of nitrogens with one attached hydrogen (secondary N) is 1. The summed E-state index contributed by atoms with van der Waals surface area (Å²) < 4.78 is 5.96. The van der Waals surface area contributed by atoms with Gasteiger partial charge in [0.2, 0.25) is 0 Å². The van der Waals surface area contributed by atoms with Crippen LogP contribution in [0.15, 0.2) is 30.3 Å². The van der Waals surface area contributed by atoms with Crippen molar-refractivity contribution in [3.05, 3.63) is 35.9 Å². The van der Waals surface area contributed by atoms with E-state index in [2.05, 4.69) is 36.5 Å². The molecule has 0 unspecified atom stereocenters. The van der Waals surface area contributed by atoms with Crippen LogP contribution >= 0.6 is 0 Å². The average Bonchev–Trinajstić information content (AvgIpc) is 2.87. The standard InChI is InChI=1S/C16H25NO/c1-2-17-13-16(10-6-7-11-16)14-18-12-15-8-4-3-5-9-15/h3-5,8-9,17H,2,6-7,10-14H2,1H3. The minimum absolute atomic E-state index is 0.394. The summed E-state index contributed by atoms with van der Waals surface area (Å²) in [7, 11) is 0. The summed E-state index contributed by atoms with van der Waals surface area (Å²) in [5, 5.41) is 3.50. The lowest BCUT2D eigenvalue weighted by Crippen LogP contribution is -2.36. The molecule has 100 valence electrons. The molecular formula is C16H25NO. The molecular weight excluding hydrogens is 222 g/mol. The van der Waals surface area contributed by atoms with E-state index in [1.165, 1.54) is 31.2 Å². The third-order valence-electron chi connectivity index (χ3n) is 3.93. The Hall–Kier alpha value is -0.860. The van der Waals surface area contributed by atoms with E-state index in [0.717, 1.165) is 26.3 Å². The van der Waals surface area contributed by atoms with Crippen LogP contribution in [0.25, 0.3) is 0 Å². The molecule has 1 N–H and O–H groups in total. The van der Waals surface area contributed by atoms with E-state index in [0.29, 0.717) is 5.41 Å². The molecule has 0 amide bonds. The third kappa shape index (κ3) is 3.82. The third-order valence-corrected chi connectivity index (χ3v) is 3.93. The molecule has 0 bridgehead atoms. The Morgan fingerprint density at radius 2 is 1.89 bits per heavy atom. The van der Waals surface area contributed by atoms with Crippen LogP contribution < -0.4 is 5.32 Å². The summed E-state index contributed by atoms with van der Waals surface area (Å²) in [6, 6.07) is 10.5. The van der Waals surface area contributed by atoms with Crippen molar-refractivity contribution in [3.8, 4) is 0 Å². The van der Waals surface area contributed by atoms with Crippen LogP contribution in [0.2, 0.25) is 0 Å². The largest absolute Gasteiger partial charge is 0.376 e. The molecule has 1 fully saturated rings. The Labute approximate surface area is 111 Å². The molecule has 0 atom stereocenters. The normalized spacial score (nSPS) is 18.1. The number of benzene rings is 1. The first-order valence-electron chi connectivity index (χ1n) is 7.17. The van der Waals surface area contributed by atoms with E-state index in [1.54, 1.807) is 0 Å². The topological polar surface area (TPSA) is 21.3 Å². The zero-order valence-corrected chi connectivity index (χ0v) is 11.5. The molecule has 1 saturated carbocycles. The van der Waals surface area contributed by atoms with E-state index in [1.807, 2.05) is 6.07 Å². The predicted octanol–water partition coefficient (Wildman–Crippen LogP) is 3.37. The molecule has 0 aromatic heterocycles. The predicted molar refractivity (Wildman–Crippen MR) is 75.5 cm³/mol. The van der Waals surface area contributed by atoms with Gasteiger partial charge in [0.25, 0.3) is 0 Å². The maximum Gasteiger partial charge on any atom is 0.0717 e. The van der Waals surface area contributed by atoms with Gasteiger partial charge in [-0.1, -0.05) is 50.1 Å². The van der Waals surface area contributed by atoms with Crippen molar-refractivity contribution in [2.45, 2.75) is 39.2 Å². The van der Waals surface area contributed by atoms with Gasteiger partial charge in [-0.3, -0.25) is 0 Å². The van der Waals surface area contributed by atoms with E-state index in [9.17, 15) is 0 Å². The summed E-state index contributed by atoms with van der Waals surface area (Å²) in [6.45, 7) is 5.98. The summed E-state index contributed by atoms with van der Waals surface area (Å²) in [6.07, 6.45) is 5.35. The number of rotatable bonds is 7. The molecule has 1 aliphatic carbocycles. The zero-order chi connectivity index (χ0) is 12.7. The Morgan fingerprint density at radius 1 is 1.17 bits per heavy atom. The molecule has 0 aliphatic heterocycles. The fourth-order valence-electron chi connectivity index (χ4n) is 2.85. The van der Waals surface area contributed by atoms with Gasteiger partial charge in [0.15, 0.2) is 0 Å². The van der Waals surface area contributed by atoms with E-state index >= 15 is 0 Å². The fourth-order valence-corrected chi connectivity index (χ4v) is 2.85. The molecule has 1 aliphatic rings. The van der Waals surface area contributed by atoms with Gasteiger partial charge in [0.1, 0.15) is 0 Å². The number of ether oxygens (including phenoxy) is 1. The second-order valence-electron chi connectivity index (χ2n) is 5.47. The second-order valence-corrected chi connectivity index (χ2v) is 5.47. The molecule has 0 saturated heterocycles. The maximum atomic E-state index is 5.96. The molecule has 0 radical (unpaired) electrons. The van der Waals surface area contributed by atoms with Crippen molar-refractivity contribution in [1.29, 1.82) is 0 Å². The molecule has 1 aromatic carbocycles. The van der Waals surface area contributed by atoms with Gasteiger partial charge in [-0.15, -0.1) is 0 Å². The summed E-state index contributed by atoms with van der Waals surface area (Å²) >= 11 is 0.